The lowest BCUT2D eigenvalue weighted by Crippen LogP contribution is -2.49. The highest BCUT2D eigenvalue weighted by molar-refractivity contribution is 7.89. The number of aromatic nitrogens is 2. The fourth-order valence-electron chi connectivity index (χ4n) is 3.30. The summed E-state index contributed by atoms with van der Waals surface area (Å²) in [6.45, 7) is 2.68. The van der Waals surface area contributed by atoms with Crippen LogP contribution >= 0.6 is 23.2 Å². The van der Waals surface area contributed by atoms with Gasteiger partial charge in [-0.2, -0.15) is 9.40 Å². The van der Waals surface area contributed by atoms with Crippen molar-refractivity contribution < 1.29 is 17.9 Å². The van der Waals surface area contributed by atoms with Crippen LogP contribution in [0.4, 0.5) is 0 Å². The molecule has 2 aromatic rings. The first-order valence-electron chi connectivity index (χ1n) is 9.39. The fourth-order valence-corrected chi connectivity index (χ4v) is 5.01. The van der Waals surface area contributed by atoms with E-state index in [0.29, 0.717) is 37.8 Å². The highest BCUT2D eigenvalue weighted by Gasteiger charge is 2.30. The Hall–Kier alpha value is -1.85. The molecule has 162 valence electrons. The first kappa shape index (κ1) is 21.4. The van der Waals surface area contributed by atoms with Gasteiger partial charge in [-0.05, 0) is 12.1 Å². The van der Waals surface area contributed by atoms with E-state index < -0.39 is 15.6 Å². The molecule has 4 rings (SSSR count). The van der Waals surface area contributed by atoms with Crippen LogP contribution in [0.3, 0.4) is 0 Å². The minimum absolute atomic E-state index is 0.0812. The molecular formula is C18H20Cl2N4O5S. The highest BCUT2D eigenvalue weighted by atomic mass is 35.5. The third-order valence-electron chi connectivity index (χ3n) is 4.96. The molecule has 0 atom stereocenters. The van der Waals surface area contributed by atoms with E-state index >= 15 is 0 Å². The SMILES string of the molecule is O=c1c(Cl)c(Cl)cnn1CN1CCN(S(=O)(=O)c2ccc3c(c2)OCCCO3)CC1. The molecule has 0 radical (unpaired) electrons. The van der Waals surface area contributed by atoms with E-state index in [1.807, 2.05) is 4.90 Å². The summed E-state index contributed by atoms with van der Waals surface area (Å²) in [4.78, 5) is 14.2. The molecule has 0 amide bonds. The van der Waals surface area contributed by atoms with Gasteiger partial charge in [-0.3, -0.25) is 9.69 Å². The monoisotopic (exact) mass is 474 g/mol. The van der Waals surface area contributed by atoms with E-state index in [4.69, 9.17) is 32.7 Å². The van der Waals surface area contributed by atoms with Gasteiger partial charge >= 0.3 is 0 Å². The van der Waals surface area contributed by atoms with Gasteiger partial charge in [0.15, 0.2) is 11.5 Å². The summed E-state index contributed by atoms with van der Waals surface area (Å²) in [5.41, 5.74) is -0.480. The van der Waals surface area contributed by atoms with Crippen molar-refractivity contribution in [2.75, 3.05) is 39.4 Å². The van der Waals surface area contributed by atoms with E-state index in [1.54, 1.807) is 6.07 Å². The topological polar surface area (TPSA) is 94.0 Å². The number of halogens is 2. The Labute approximate surface area is 183 Å². The second-order valence-electron chi connectivity index (χ2n) is 6.93. The average molecular weight is 475 g/mol. The molecule has 30 heavy (non-hydrogen) atoms. The lowest BCUT2D eigenvalue weighted by Gasteiger charge is -2.33. The first-order valence-corrected chi connectivity index (χ1v) is 11.6. The zero-order valence-electron chi connectivity index (χ0n) is 16.0. The van der Waals surface area contributed by atoms with E-state index in [2.05, 4.69) is 5.10 Å². The number of nitrogens with zero attached hydrogens (tertiary/aromatic N) is 4. The second-order valence-corrected chi connectivity index (χ2v) is 9.66. The lowest BCUT2D eigenvalue weighted by atomic mass is 10.3. The quantitative estimate of drug-likeness (QED) is 0.664. The van der Waals surface area contributed by atoms with Crippen molar-refractivity contribution in [3.63, 3.8) is 0 Å². The minimum atomic E-state index is -3.68. The average Bonchev–Trinajstić information content (AvgIpc) is 2.99. The van der Waals surface area contributed by atoms with Gasteiger partial charge in [0.05, 0.1) is 36.0 Å². The molecule has 0 N–H and O–H groups in total. The smallest absolute Gasteiger partial charge is 0.288 e. The van der Waals surface area contributed by atoms with Crippen LogP contribution in [0.25, 0.3) is 0 Å². The standard InChI is InChI=1S/C18H20Cl2N4O5S/c19-14-11-21-24(18(25)17(14)20)12-22-4-6-23(7-5-22)30(26,27)13-2-3-15-16(10-13)29-9-1-8-28-15/h2-3,10-11H,1,4-9,12H2. The molecule has 1 fully saturated rings. The van der Waals surface area contributed by atoms with E-state index in [1.165, 1.54) is 27.3 Å². The van der Waals surface area contributed by atoms with Crippen molar-refractivity contribution in [2.45, 2.75) is 18.0 Å². The lowest BCUT2D eigenvalue weighted by molar-refractivity contribution is 0.143. The second kappa shape index (κ2) is 8.72. The maximum Gasteiger partial charge on any atom is 0.288 e. The van der Waals surface area contributed by atoms with E-state index in [9.17, 15) is 13.2 Å². The number of sulfonamides is 1. The number of ether oxygens (including phenoxy) is 2. The molecule has 9 nitrogen and oxygen atoms in total. The van der Waals surface area contributed by atoms with Gasteiger partial charge in [0, 0.05) is 38.7 Å². The molecule has 0 bridgehead atoms. The van der Waals surface area contributed by atoms with E-state index in [-0.39, 0.29) is 34.7 Å². The number of hydrogen-bond donors (Lipinski definition) is 0. The number of fused-ring (bicyclic) bond motifs is 1. The van der Waals surface area contributed by atoms with Crippen LogP contribution in [0, 0.1) is 0 Å². The van der Waals surface area contributed by atoms with Gasteiger partial charge < -0.3 is 9.47 Å². The summed E-state index contributed by atoms with van der Waals surface area (Å²) in [5, 5.41) is 4.00. The Morgan fingerprint density at radius 3 is 2.47 bits per heavy atom. The van der Waals surface area contributed by atoms with Crippen LogP contribution in [-0.2, 0) is 16.7 Å². The predicted molar refractivity (Wildman–Crippen MR) is 111 cm³/mol. The third kappa shape index (κ3) is 4.28. The molecule has 0 spiro atoms. The molecular weight excluding hydrogens is 455 g/mol. The molecule has 2 aliphatic rings. The van der Waals surface area contributed by atoms with Crippen molar-refractivity contribution in [3.05, 3.63) is 44.8 Å². The summed E-state index contributed by atoms with van der Waals surface area (Å²) in [7, 11) is -3.68. The van der Waals surface area contributed by atoms with Crippen molar-refractivity contribution >= 4 is 33.2 Å². The summed E-state index contributed by atoms with van der Waals surface area (Å²) < 4.78 is 40.0. The number of rotatable bonds is 4. The van der Waals surface area contributed by atoms with Gasteiger partial charge in [0.25, 0.3) is 5.56 Å². The largest absolute Gasteiger partial charge is 0.490 e. The molecule has 1 aromatic heterocycles. The number of hydrogen-bond acceptors (Lipinski definition) is 7. The van der Waals surface area contributed by atoms with Crippen LogP contribution in [0.2, 0.25) is 10.0 Å². The Morgan fingerprint density at radius 2 is 1.73 bits per heavy atom. The van der Waals surface area contributed by atoms with Crippen molar-refractivity contribution in [2.24, 2.45) is 0 Å². The molecule has 1 saturated heterocycles. The maximum atomic E-state index is 13.1. The van der Waals surface area contributed by atoms with Gasteiger partial charge in [-0.15, -0.1) is 0 Å². The van der Waals surface area contributed by atoms with Crippen LogP contribution in [0.15, 0.2) is 34.1 Å². The first-order chi connectivity index (χ1) is 14.4. The Kier molecular flexibility index (Phi) is 6.21. The molecule has 2 aliphatic heterocycles. The highest BCUT2D eigenvalue weighted by Crippen LogP contribution is 2.33. The third-order valence-corrected chi connectivity index (χ3v) is 7.61. The maximum absolute atomic E-state index is 13.1. The molecule has 3 heterocycles. The zero-order chi connectivity index (χ0) is 21.3. The molecule has 1 aromatic carbocycles. The number of piperazine rings is 1. The fraction of sp³-hybridized carbons (Fsp3) is 0.444. The molecule has 0 unspecified atom stereocenters. The van der Waals surface area contributed by atoms with Gasteiger partial charge in [-0.1, -0.05) is 23.2 Å². The molecule has 12 heteroatoms. The van der Waals surface area contributed by atoms with Crippen molar-refractivity contribution in [3.8, 4) is 11.5 Å². The van der Waals surface area contributed by atoms with Crippen molar-refractivity contribution in [1.29, 1.82) is 0 Å². The van der Waals surface area contributed by atoms with Crippen LogP contribution in [0.5, 0.6) is 11.5 Å². The number of benzene rings is 1. The Balaban J connectivity index is 1.44. The van der Waals surface area contributed by atoms with Gasteiger partial charge in [-0.25, -0.2) is 13.1 Å². The Morgan fingerprint density at radius 1 is 1.03 bits per heavy atom. The van der Waals surface area contributed by atoms with Crippen LogP contribution < -0.4 is 15.0 Å². The van der Waals surface area contributed by atoms with Crippen molar-refractivity contribution in [1.82, 2.24) is 19.0 Å². The summed E-state index contributed by atoms with van der Waals surface area (Å²) in [6, 6.07) is 4.68. The normalized spacial score (nSPS) is 18.2. The zero-order valence-corrected chi connectivity index (χ0v) is 18.3. The summed E-state index contributed by atoms with van der Waals surface area (Å²) in [5.74, 6) is 0.994. The van der Waals surface area contributed by atoms with E-state index in [0.717, 1.165) is 6.42 Å². The van der Waals surface area contributed by atoms with Crippen LogP contribution in [-0.4, -0.2) is 66.8 Å². The Bertz CT molecular complexity index is 1100. The predicted octanol–water partition coefficient (Wildman–Crippen LogP) is 1.68. The minimum Gasteiger partial charge on any atom is -0.490 e. The van der Waals surface area contributed by atoms with Gasteiger partial charge in [0.1, 0.15) is 5.02 Å². The summed E-state index contributed by atoms with van der Waals surface area (Å²) >= 11 is 11.7. The summed E-state index contributed by atoms with van der Waals surface area (Å²) in [6.07, 6.45) is 2.06. The van der Waals surface area contributed by atoms with Gasteiger partial charge in [0.2, 0.25) is 10.0 Å². The van der Waals surface area contributed by atoms with Crippen LogP contribution in [0.1, 0.15) is 6.42 Å². The molecule has 0 aliphatic carbocycles. The molecule has 0 saturated carbocycles.